The number of aromatic amines is 1. The number of alkyl halides is 3. The van der Waals surface area contributed by atoms with E-state index in [-0.39, 0.29) is 17.3 Å². The molecular weight excluding hydrogens is 613 g/mol. The lowest BCUT2D eigenvalue weighted by molar-refractivity contribution is -0.133. The van der Waals surface area contributed by atoms with Crippen molar-refractivity contribution in [3.8, 4) is 11.3 Å². The van der Waals surface area contributed by atoms with Gasteiger partial charge >= 0.3 is 6.18 Å². The summed E-state index contributed by atoms with van der Waals surface area (Å²) in [7, 11) is 0. The van der Waals surface area contributed by atoms with Gasteiger partial charge in [-0.2, -0.15) is 13.2 Å². The Morgan fingerprint density at radius 3 is 1.76 bits per heavy atom. The van der Waals surface area contributed by atoms with Crippen molar-refractivity contribution in [1.29, 1.82) is 0 Å². The van der Waals surface area contributed by atoms with Crippen LogP contribution in [-0.4, -0.2) is 16.9 Å². The van der Waals surface area contributed by atoms with Gasteiger partial charge in [-0.3, -0.25) is 0 Å². The third-order valence-electron chi connectivity index (χ3n) is 9.63. The molecule has 1 aliphatic heterocycles. The maximum absolute atomic E-state index is 14.1. The summed E-state index contributed by atoms with van der Waals surface area (Å²) in [6.07, 6.45) is -3.47. The van der Waals surface area contributed by atoms with Crippen molar-refractivity contribution < 1.29 is 13.2 Å². The molecule has 49 heavy (non-hydrogen) atoms. The molecule has 5 heteroatoms. The molecule has 0 spiro atoms. The summed E-state index contributed by atoms with van der Waals surface area (Å²) in [5.74, 6) is 0. The van der Waals surface area contributed by atoms with Gasteiger partial charge in [-0.05, 0) is 76.6 Å². The number of H-pyrrole nitrogens is 1. The van der Waals surface area contributed by atoms with E-state index in [0.717, 1.165) is 50.0 Å². The molecule has 252 valence electrons. The van der Waals surface area contributed by atoms with Crippen molar-refractivity contribution in [1.82, 2.24) is 4.98 Å². The lowest BCUT2D eigenvalue weighted by Crippen LogP contribution is -2.11. The SMILES string of the molecule is Cc1ccc(-c2[nH]c(/C(CCC(F)(F)F)=C3\N=C(c4ccc(C(C)(C)C)cc4)C=C3c3ccc(C(C)(C)C)cc3)c3ccccc23)cc1C. The van der Waals surface area contributed by atoms with Crippen LogP contribution in [0.3, 0.4) is 0 Å². The average molecular weight is 659 g/mol. The van der Waals surface area contributed by atoms with Gasteiger partial charge in [0.05, 0.1) is 22.8 Å². The number of hydrogen-bond donors (Lipinski definition) is 1. The van der Waals surface area contributed by atoms with Gasteiger partial charge in [-0.1, -0.05) is 126 Å². The van der Waals surface area contributed by atoms with E-state index < -0.39 is 12.6 Å². The molecule has 0 bridgehead atoms. The van der Waals surface area contributed by atoms with Crippen molar-refractivity contribution in [3.63, 3.8) is 0 Å². The lowest BCUT2D eigenvalue weighted by Gasteiger charge is -2.20. The van der Waals surface area contributed by atoms with Crippen LogP contribution in [0, 0.1) is 13.8 Å². The van der Waals surface area contributed by atoms with E-state index in [2.05, 4.69) is 127 Å². The van der Waals surface area contributed by atoms with Crippen molar-refractivity contribution >= 4 is 27.6 Å². The van der Waals surface area contributed by atoms with Crippen LogP contribution in [0.15, 0.2) is 108 Å². The molecular formula is C44H45F3N2. The molecule has 0 fully saturated rings. The molecule has 6 rings (SSSR count). The smallest absolute Gasteiger partial charge is 0.354 e. The van der Waals surface area contributed by atoms with Gasteiger partial charge in [-0.25, -0.2) is 4.99 Å². The molecule has 2 heterocycles. The molecule has 0 unspecified atom stereocenters. The van der Waals surface area contributed by atoms with E-state index in [0.29, 0.717) is 17.0 Å². The van der Waals surface area contributed by atoms with Gasteiger partial charge in [-0.15, -0.1) is 0 Å². The molecule has 1 aliphatic rings. The Labute approximate surface area is 288 Å². The molecule has 2 nitrogen and oxygen atoms in total. The van der Waals surface area contributed by atoms with Crippen LogP contribution in [0.2, 0.25) is 0 Å². The Kier molecular flexibility index (Phi) is 8.85. The first kappa shape index (κ1) is 34.2. The van der Waals surface area contributed by atoms with E-state index in [4.69, 9.17) is 4.99 Å². The van der Waals surface area contributed by atoms with Gasteiger partial charge in [0.1, 0.15) is 0 Å². The largest absolute Gasteiger partial charge is 0.389 e. The van der Waals surface area contributed by atoms with Crippen molar-refractivity contribution in [2.24, 2.45) is 4.99 Å². The fraction of sp³-hybridized carbons (Fsp3) is 0.295. The zero-order valence-corrected chi connectivity index (χ0v) is 29.7. The molecule has 0 amide bonds. The van der Waals surface area contributed by atoms with E-state index in [9.17, 15) is 13.2 Å². The van der Waals surface area contributed by atoms with Gasteiger partial charge in [0.2, 0.25) is 0 Å². The summed E-state index contributed by atoms with van der Waals surface area (Å²) >= 11 is 0. The summed E-state index contributed by atoms with van der Waals surface area (Å²) in [5, 5.41) is 1.84. The molecule has 4 aromatic carbocycles. The highest BCUT2D eigenvalue weighted by molar-refractivity contribution is 6.20. The zero-order valence-electron chi connectivity index (χ0n) is 29.7. The fourth-order valence-corrected chi connectivity index (χ4v) is 6.48. The quantitative estimate of drug-likeness (QED) is 0.188. The second-order valence-corrected chi connectivity index (χ2v) is 15.4. The minimum absolute atomic E-state index is 0.00991. The number of rotatable bonds is 6. The highest BCUT2D eigenvalue weighted by Gasteiger charge is 2.31. The number of halogens is 3. The maximum atomic E-state index is 14.1. The number of nitrogens with zero attached hydrogens (tertiary/aromatic N) is 1. The average Bonchev–Trinajstić information content (AvgIpc) is 3.65. The van der Waals surface area contributed by atoms with Crippen LogP contribution in [0.1, 0.15) is 93.5 Å². The van der Waals surface area contributed by atoms with E-state index in [1.54, 1.807) is 0 Å². The van der Waals surface area contributed by atoms with Crippen LogP contribution >= 0.6 is 0 Å². The minimum atomic E-state index is -4.34. The summed E-state index contributed by atoms with van der Waals surface area (Å²) < 4.78 is 42.2. The number of benzene rings is 4. The van der Waals surface area contributed by atoms with Crippen LogP contribution in [0.4, 0.5) is 13.2 Å². The molecule has 1 N–H and O–H groups in total. The molecule has 0 saturated carbocycles. The lowest BCUT2D eigenvalue weighted by atomic mass is 9.85. The van der Waals surface area contributed by atoms with Crippen LogP contribution in [0.25, 0.3) is 33.2 Å². The molecule has 0 saturated heterocycles. The van der Waals surface area contributed by atoms with E-state index in [1.807, 2.05) is 30.3 Å². The third kappa shape index (κ3) is 7.22. The second kappa shape index (κ2) is 12.7. The maximum Gasteiger partial charge on any atom is 0.389 e. The number of allylic oxidation sites excluding steroid dienone is 3. The van der Waals surface area contributed by atoms with Gasteiger partial charge in [0.25, 0.3) is 0 Å². The molecule has 5 aromatic rings. The molecule has 0 radical (unpaired) electrons. The normalized spacial score (nSPS) is 15.1. The number of nitrogens with one attached hydrogen (secondary N) is 1. The third-order valence-corrected chi connectivity index (χ3v) is 9.63. The summed E-state index contributed by atoms with van der Waals surface area (Å²) in [6.45, 7) is 17.2. The number of aliphatic imine (C=N–C) groups is 1. The zero-order chi connectivity index (χ0) is 35.3. The van der Waals surface area contributed by atoms with E-state index in [1.165, 1.54) is 16.7 Å². The van der Waals surface area contributed by atoms with Crippen LogP contribution < -0.4 is 0 Å². The fourth-order valence-electron chi connectivity index (χ4n) is 6.48. The Hall–Kier alpha value is -4.64. The Morgan fingerprint density at radius 1 is 0.653 bits per heavy atom. The standard InChI is InChI=1S/C44H45F3N2/c1-27-13-14-31(25-28(27)2)39-34-11-9-10-12-35(34)40(49-39)36(23-24-44(45,46)47)41-37(29-15-19-32(20-16-29)42(3,4)5)26-38(48-41)30-17-21-33(22-18-30)43(6,7)8/h9-22,25-26,49H,23-24H2,1-8H3/b41-36-. The monoisotopic (exact) mass is 658 g/mol. The predicted molar refractivity (Wildman–Crippen MR) is 200 cm³/mol. The van der Waals surface area contributed by atoms with Crippen molar-refractivity contribution in [2.75, 3.05) is 0 Å². The summed E-state index contributed by atoms with van der Waals surface area (Å²) in [5.41, 5.74) is 11.8. The minimum Gasteiger partial charge on any atom is -0.354 e. The van der Waals surface area contributed by atoms with Crippen LogP contribution in [-0.2, 0) is 10.8 Å². The molecule has 0 atom stereocenters. The predicted octanol–water partition coefficient (Wildman–Crippen LogP) is 12.7. The van der Waals surface area contributed by atoms with Crippen molar-refractivity contribution in [3.05, 3.63) is 142 Å². The number of hydrogen-bond acceptors (Lipinski definition) is 1. The highest BCUT2D eigenvalue weighted by Crippen LogP contribution is 2.44. The highest BCUT2D eigenvalue weighted by atomic mass is 19.4. The van der Waals surface area contributed by atoms with Gasteiger partial charge < -0.3 is 4.98 Å². The first-order valence-electron chi connectivity index (χ1n) is 17.0. The first-order valence-corrected chi connectivity index (χ1v) is 17.0. The summed E-state index contributed by atoms with van der Waals surface area (Å²) in [4.78, 5) is 8.81. The second-order valence-electron chi connectivity index (χ2n) is 15.4. The molecule has 1 aromatic heterocycles. The Balaban J connectivity index is 1.61. The van der Waals surface area contributed by atoms with Crippen LogP contribution in [0.5, 0.6) is 0 Å². The van der Waals surface area contributed by atoms with E-state index >= 15 is 0 Å². The van der Waals surface area contributed by atoms with Gasteiger partial charge in [0.15, 0.2) is 0 Å². The molecule has 0 aliphatic carbocycles. The Bertz CT molecular complexity index is 2110. The number of aryl methyl sites for hydroxylation is 2. The topological polar surface area (TPSA) is 28.1 Å². The number of fused-ring (bicyclic) bond motifs is 1. The Morgan fingerprint density at radius 2 is 1.20 bits per heavy atom. The first-order chi connectivity index (χ1) is 23.0. The number of aromatic nitrogens is 1. The summed E-state index contributed by atoms with van der Waals surface area (Å²) in [6, 6.07) is 31.0. The van der Waals surface area contributed by atoms with Gasteiger partial charge in [0, 0.05) is 33.9 Å². The van der Waals surface area contributed by atoms with Crippen molar-refractivity contribution in [2.45, 2.75) is 85.2 Å².